The van der Waals surface area contributed by atoms with E-state index >= 15 is 0 Å². The van der Waals surface area contributed by atoms with E-state index in [2.05, 4.69) is 82.8 Å². The van der Waals surface area contributed by atoms with Gasteiger partial charge in [-0.3, -0.25) is 0 Å². The van der Waals surface area contributed by atoms with Crippen molar-refractivity contribution in [2.24, 2.45) is 5.92 Å². The summed E-state index contributed by atoms with van der Waals surface area (Å²) >= 11 is 3.49. The lowest BCUT2D eigenvalue weighted by Gasteiger charge is -2.24. The van der Waals surface area contributed by atoms with Crippen LogP contribution in [0.5, 0.6) is 0 Å². The smallest absolute Gasteiger partial charge is 0.0353 e. The molecule has 1 saturated carbocycles. The van der Waals surface area contributed by atoms with E-state index in [0.717, 1.165) is 10.4 Å². The van der Waals surface area contributed by atoms with Gasteiger partial charge in [-0.05, 0) is 48.9 Å². The highest BCUT2D eigenvalue weighted by atomic mass is 79.9. The average molecular weight is 330 g/mol. The van der Waals surface area contributed by atoms with Gasteiger partial charge in [-0.2, -0.15) is 0 Å². The summed E-state index contributed by atoms with van der Waals surface area (Å²) < 4.78 is 1.13. The monoisotopic (exact) mass is 329 g/mol. The number of rotatable bonds is 5. The Hall–Kier alpha value is -1.12. The van der Waals surface area contributed by atoms with Crippen LogP contribution in [0.4, 0.5) is 0 Å². The van der Waals surface area contributed by atoms with Gasteiger partial charge in [0, 0.05) is 16.6 Å². The lowest BCUT2D eigenvalue weighted by atomic mass is 9.99. The van der Waals surface area contributed by atoms with Gasteiger partial charge < -0.3 is 5.32 Å². The van der Waals surface area contributed by atoms with Gasteiger partial charge in [-0.25, -0.2) is 0 Å². The third kappa shape index (κ3) is 3.31. The Morgan fingerprint density at radius 1 is 0.950 bits per heavy atom. The van der Waals surface area contributed by atoms with Crippen molar-refractivity contribution >= 4 is 15.9 Å². The molecule has 0 amide bonds. The molecule has 1 nitrogen and oxygen atoms in total. The molecule has 0 bridgehead atoms. The molecule has 0 radical (unpaired) electrons. The summed E-state index contributed by atoms with van der Waals surface area (Å²) in [6.07, 6.45) is 2.69. The van der Waals surface area contributed by atoms with Crippen molar-refractivity contribution < 1.29 is 0 Å². The van der Waals surface area contributed by atoms with Gasteiger partial charge in [0.25, 0.3) is 0 Å². The van der Waals surface area contributed by atoms with Crippen molar-refractivity contribution in [2.75, 3.05) is 0 Å². The molecular formula is C18H20BrN. The molecule has 0 spiro atoms. The Bertz CT molecular complexity index is 545. The third-order valence-electron chi connectivity index (χ3n) is 4.05. The van der Waals surface area contributed by atoms with E-state index in [0.29, 0.717) is 12.1 Å². The fraction of sp³-hybridized carbons (Fsp3) is 0.333. The first-order chi connectivity index (χ1) is 9.74. The van der Waals surface area contributed by atoms with Crippen LogP contribution in [0, 0.1) is 5.92 Å². The van der Waals surface area contributed by atoms with Gasteiger partial charge in [0.1, 0.15) is 0 Å². The van der Waals surface area contributed by atoms with Gasteiger partial charge in [0.15, 0.2) is 0 Å². The van der Waals surface area contributed by atoms with Crippen LogP contribution in [0.3, 0.4) is 0 Å². The van der Waals surface area contributed by atoms with Crippen molar-refractivity contribution in [3.63, 3.8) is 0 Å². The van der Waals surface area contributed by atoms with Crippen LogP contribution in [-0.4, -0.2) is 0 Å². The van der Waals surface area contributed by atoms with Crippen molar-refractivity contribution in [3.05, 3.63) is 70.2 Å². The minimum absolute atomic E-state index is 0.369. The maximum absolute atomic E-state index is 3.82. The zero-order valence-electron chi connectivity index (χ0n) is 11.7. The normalized spacial score (nSPS) is 17.7. The molecule has 1 aliphatic rings. The molecule has 1 fully saturated rings. The highest BCUT2D eigenvalue weighted by Gasteiger charge is 2.32. The van der Waals surface area contributed by atoms with E-state index in [9.17, 15) is 0 Å². The lowest BCUT2D eigenvalue weighted by Crippen LogP contribution is -2.26. The third-order valence-corrected chi connectivity index (χ3v) is 4.58. The standard InChI is InChI=1S/C18H20BrN/c1-13(14-9-11-17(19)12-10-14)20-18(16-7-8-16)15-5-3-2-4-6-15/h2-6,9-13,16,18,20H,7-8H2,1H3/t13-,18?/m1/s1. The van der Waals surface area contributed by atoms with Crippen LogP contribution >= 0.6 is 15.9 Å². The van der Waals surface area contributed by atoms with E-state index in [1.165, 1.54) is 24.0 Å². The van der Waals surface area contributed by atoms with Gasteiger partial charge in [0.2, 0.25) is 0 Å². The maximum Gasteiger partial charge on any atom is 0.0353 e. The molecule has 3 rings (SSSR count). The highest BCUT2D eigenvalue weighted by molar-refractivity contribution is 9.10. The molecule has 0 saturated heterocycles. The van der Waals surface area contributed by atoms with Crippen LogP contribution < -0.4 is 5.32 Å². The lowest BCUT2D eigenvalue weighted by molar-refractivity contribution is 0.427. The first-order valence-corrected chi connectivity index (χ1v) is 8.10. The summed E-state index contributed by atoms with van der Waals surface area (Å²) in [5.41, 5.74) is 2.76. The van der Waals surface area contributed by atoms with E-state index < -0.39 is 0 Å². The summed E-state index contributed by atoms with van der Waals surface area (Å²) in [7, 11) is 0. The topological polar surface area (TPSA) is 12.0 Å². The number of hydrogen-bond donors (Lipinski definition) is 1. The molecule has 1 aliphatic carbocycles. The molecule has 2 heteroatoms. The second-order valence-corrected chi connectivity index (χ2v) is 6.58. The molecule has 2 aromatic carbocycles. The fourth-order valence-corrected chi connectivity index (χ4v) is 2.98. The van der Waals surface area contributed by atoms with Crippen molar-refractivity contribution in [1.29, 1.82) is 0 Å². The molecule has 2 atom stereocenters. The Morgan fingerprint density at radius 3 is 2.20 bits per heavy atom. The first kappa shape index (κ1) is 13.8. The molecule has 104 valence electrons. The Kier molecular flexibility index (Phi) is 4.23. The minimum Gasteiger partial charge on any atom is -0.303 e. The Balaban J connectivity index is 1.75. The number of nitrogens with one attached hydrogen (secondary N) is 1. The van der Waals surface area contributed by atoms with E-state index in [-0.39, 0.29) is 0 Å². The van der Waals surface area contributed by atoms with Gasteiger partial charge in [-0.1, -0.05) is 58.4 Å². The quantitative estimate of drug-likeness (QED) is 0.789. The number of benzene rings is 2. The van der Waals surface area contributed by atoms with Gasteiger partial charge >= 0.3 is 0 Å². The summed E-state index contributed by atoms with van der Waals surface area (Å²) in [6, 6.07) is 20.3. The number of hydrogen-bond acceptors (Lipinski definition) is 1. The fourth-order valence-electron chi connectivity index (χ4n) is 2.71. The minimum atomic E-state index is 0.369. The van der Waals surface area contributed by atoms with Crippen LogP contribution in [0.2, 0.25) is 0 Å². The van der Waals surface area contributed by atoms with Crippen LogP contribution in [0.15, 0.2) is 59.1 Å². The molecule has 1 unspecified atom stereocenters. The van der Waals surface area contributed by atoms with E-state index in [1.807, 2.05) is 0 Å². The predicted molar refractivity (Wildman–Crippen MR) is 87.6 cm³/mol. The maximum atomic E-state index is 3.82. The zero-order valence-corrected chi connectivity index (χ0v) is 13.3. The average Bonchev–Trinajstić information content (AvgIpc) is 3.31. The zero-order chi connectivity index (χ0) is 13.9. The van der Waals surface area contributed by atoms with Crippen LogP contribution in [-0.2, 0) is 0 Å². The second-order valence-electron chi connectivity index (χ2n) is 5.67. The highest BCUT2D eigenvalue weighted by Crippen LogP contribution is 2.42. The Morgan fingerprint density at radius 2 is 1.60 bits per heavy atom. The summed E-state index contributed by atoms with van der Waals surface area (Å²) in [5.74, 6) is 0.801. The van der Waals surface area contributed by atoms with Crippen molar-refractivity contribution in [1.82, 2.24) is 5.32 Å². The summed E-state index contributed by atoms with van der Waals surface area (Å²) in [4.78, 5) is 0. The first-order valence-electron chi connectivity index (χ1n) is 7.30. The molecule has 1 N–H and O–H groups in total. The molecule has 0 heterocycles. The van der Waals surface area contributed by atoms with Crippen molar-refractivity contribution in [2.45, 2.75) is 31.8 Å². The Labute approximate surface area is 129 Å². The molecule has 2 aromatic rings. The second kappa shape index (κ2) is 6.11. The van der Waals surface area contributed by atoms with Crippen LogP contribution in [0.1, 0.15) is 43.0 Å². The predicted octanol–water partition coefficient (Wildman–Crippen LogP) is 5.25. The SMILES string of the molecule is C[C@@H](NC(c1ccccc1)C1CC1)c1ccc(Br)cc1. The van der Waals surface area contributed by atoms with Gasteiger partial charge in [-0.15, -0.1) is 0 Å². The van der Waals surface area contributed by atoms with Gasteiger partial charge in [0.05, 0.1) is 0 Å². The molecule has 20 heavy (non-hydrogen) atoms. The molecule has 0 aromatic heterocycles. The van der Waals surface area contributed by atoms with E-state index in [4.69, 9.17) is 0 Å². The molecule has 0 aliphatic heterocycles. The van der Waals surface area contributed by atoms with Crippen LogP contribution in [0.25, 0.3) is 0 Å². The van der Waals surface area contributed by atoms with Crippen molar-refractivity contribution in [3.8, 4) is 0 Å². The number of halogens is 1. The molecular weight excluding hydrogens is 310 g/mol. The summed E-state index contributed by atoms with van der Waals surface area (Å²) in [6.45, 7) is 2.25. The van der Waals surface area contributed by atoms with E-state index in [1.54, 1.807) is 0 Å². The largest absolute Gasteiger partial charge is 0.303 e. The summed E-state index contributed by atoms with van der Waals surface area (Å²) in [5, 5.41) is 3.82.